The minimum Gasteiger partial charge on any atom is -0.387 e. The van der Waals surface area contributed by atoms with Crippen molar-refractivity contribution in [2.45, 2.75) is 38.0 Å². The molecule has 1 aromatic carbocycles. The first-order valence-corrected chi connectivity index (χ1v) is 6.60. The van der Waals surface area contributed by atoms with E-state index in [1.165, 1.54) is 23.3 Å². The van der Waals surface area contributed by atoms with Crippen LogP contribution in [-0.2, 0) is 0 Å². The largest absolute Gasteiger partial charge is 0.387 e. The van der Waals surface area contributed by atoms with Crippen molar-refractivity contribution in [3.05, 3.63) is 34.9 Å². The zero-order chi connectivity index (χ0) is 10.8. The third-order valence-electron chi connectivity index (χ3n) is 3.07. The molecule has 0 radical (unpaired) electrons. The van der Waals surface area contributed by atoms with Crippen LogP contribution < -0.4 is 0 Å². The third kappa shape index (κ3) is 2.37. The van der Waals surface area contributed by atoms with Gasteiger partial charge in [0.05, 0.1) is 6.10 Å². The van der Waals surface area contributed by atoms with Gasteiger partial charge in [-0.2, -0.15) is 11.8 Å². The van der Waals surface area contributed by atoms with Gasteiger partial charge >= 0.3 is 0 Å². The molecule has 2 unspecified atom stereocenters. The smallest absolute Gasteiger partial charge is 0.0911 e. The van der Waals surface area contributed by atoms with Crippen LogP contribution in [0.15, 0.2) is 18.2 Å². The molecule has 15 heavy (non-hydrogen) atoms. The Morgan fingerprint density at radius 3 is 2.87 bits per heavy atom. The minimum atomic E-state index is -0.280. The molecule has 0 bridgehead atoms. The molecule has 1 aliphatic heterocycles. The molecule has 0 aromatic heterocycles. The molecule has 0 spiro atoms. The van der Waals surface area contributed by atoms with Crippen molar-refractivity contribution >= 4 is 11.8 Å². The van der Waals surface area contributed by atoms with Crippen LogP contribution >= 0.6 is 11.8 Å². The summed E-state index contributed by atoms with van der Waals surface area (Å²) in [5.74, 6) is 1.20. The monoisotopic (exact) mass is 222 g/mol. The molecule has 1 N–H and O–H groups in total. The van der Waals surface area contributed by atoms with Crippen LogP contribution in [-0.4, -0.2) is 16.1 Å². The number of hydrogen-bond acceptors (Lipinski definition) is 2. The van der Waals surface area contributed by atoms with Gasteiger partial charge in [0.2, 0.25) is 0 Å². The first-order chi connectivity index (χ1) is 7.18. The molecule has 0 aliphatic carbocycles. The van der Waals surface area contributed by atoms with Crippen molar-refractivity contribution in [2.24, 2.45) is 0 Å². The fraction of sp³-hybridized carbons (Fsp3) is 0.538. The number of hydrogen-bond donors (Lipinski definition) is 1. The maximum Gasteiger partial charge on any atom is 0.0911 e. The maximum atomic E-state index is 10.3. The fourth-order valence-corrected chi connectivity index (χ4v) is 3.43. The van der Waals surface area contributed by atoms with Gasteiger partial charge in [-0.3, -0.25) is 0 Å². The molecule has 2 atom stereocenters. The highest BCUT2D eigenvalue weighted by molar-refractivity contribution is 8.00. The summed E-state index contributed by atoms with van der Waals surface area (Å²) >= 11 is 1.91. The van der Waals surface area contributed by atoms with Gasteiger partial charge < -0.3 is 5.11 Å². The number of thioether (sulfide) groups is 1. The summed E-state index contributed by atoms with van der Waals surface area (Å²) in [6.07, 6.45) is 2.12. The predicted octanol–water partition coefficient (Wildman–Crippen LogP) is 3.23. The lowest BCUT2D eigenvalue weighted by atomic mass is 9.97. The summed E-state index contributed by atoms with van der Waals surface area (Å²) in [6.45, 7) is 4.16. The molecule has 1 aromatic rings. The molecule has 2 rings (SSSR count). The fourth-order valence-electron chi connectivity index (χ4n) is 2.13. The Hall–Kier alpha value is -0.470. The second-order valence-corrected chi connectivity index (χ2v) is 5.70. The lowest BCUT2D eigenvalue weighted by molar-refractivity contribution is 0.172. The van der Waals surface area contributed by atoms with E-state index in [0.29, 0.717) is 5.25 Å². The summed E-state index contributed by atoms with van der Waals surface area (Å²) in [5, 5.41) is 10.7. The highest BCUT2D eigenvalue weighted by Crippen LogP contribution is 2.36. The van der Waals surface area contributed by atoms with Crippen LogP contribution in [0, 0.1) is 13.8 Å². The van der Waals surface area contributed by atoms with E-state index in [9.17, 15) is 5.11 Å². The summed E-state index contributed by atoms with van der Waals surface area (Å²) in [7, 11) is 0. The second kappa shape index (κ2) is 4.58. The molecular formula is C13H18OS. The number of aliphatic hydroxyl groups excluding tert-OH is 1. The first-order valence-electron chi connectivity index (χ1n) is 5.55. The summed E-state index contributed by atoms with van der Waals surface area (Å²) in [6, 6.07) is 6.33. The van der Waals surface area contributed by atoms with E-state index in [1.807, 2.05) is 11.8 Å². The van der Waals surface area contributed by atoms with E-state index < -0.39 is 0 Å². The molecule has 1 heterocycles. The van der Waals surface area contributed by atoms with Gasteiger partial charge in [0.1, 0.15) is 0 Å². The molecule has 1 fully saturated rings. The Labute approximate surface area is 95.9 Å². The van der Waals surface area contributed by atoms with Crippen molar-refractivity contribution in [1.82, 2.24) is 0 Å². The minimum absolute atomic E-state index is 0.280. The average molecular weight is 222 g/mol. The van der Waals surface area contributed by atoms with Crippen molar-refractivity contribution < 1.29 is 5.11 Å². The van der Waals surface area contributed by atoms with Gasteiger partial charge in [0.15, 0.2) is 0 Å². The molecule has 1 saturated heterocycles. The summed E-state index contributed by atoms with van der Waals surface area (Å²) in [5.41, 5.74) is 3.56. The lowest BCUT2D eigenvalue weighted by Gasteiger charge is -2.19. The molecule has 0 amide bonds. The summed E-state index contributed by atoms with van der Waals surface area (Å²) < 4.78 is 0. The maximum absolute atomic E-state index is 10.3. The Morgan fingerprint density at radius 1 is 1.40 bits per heavy atom. The van der Waals surface area contributed by atoms with Gasteiger partial charge in [0, 0.05) is 5.25 Å². The Balaban J connectivity index is 2.23. The van der Waals surface area contributed by atoms with E-state index in [-0.39, 0.29) is 6.10 Å². The molecule has 82 valence electrons. The number of rotatable bonds is 2. The second-order valence-electron chi connectivity index (χ2n) is 4.36. The highest BCUT2D eigenvalue weighted by atomic mass is 32.2. The Bertz CT molecular complexity index is 342. The van der Waals surface area contributed by atoms with Crippen molar-refractivity contribution in [1.29, 1.82) is 0 Å². The van der Waals surface area contributed by atoms with E-state index in [0.717, 1.165) is 12.0 Å². The van der Waals surface area contributed by atoms with Crippen LogP contribution in [0.25, 0.3) is 0 Å². The SMILES string of the molecule is Cc1ccc(C)c(C(O)C2CCCS2)c1. The average Bonchev–Trinajstić information content (AvgIpc) is 2.74. The van der Waals surface area contributed by atoms with Crippen molar-refractivity contribution in [3.63, 3.8) is 0 Å². The van der Waals surface area contributed by atoms with Gasteiger partial charge in [-0.15, -0.1) is 0 Å². The molecule has 1 aliphatic rings. The van der Waals surface area contributed by atoms with Gasteiger partial charge in [-0.1, -0.05) is 23.8 Å². The van der Waals surface area contributed by atoms with Gasteiger partial charge in [-0.05, 0) is 43.6 Å². The molecule has 2 heteroatoms. The van der Waals surface area contributed by atoms with Crippen molar-refractivity contribution in [3.8, 4) is 0 Å². The van der Waals surface area contributed by atoms with E-state index in [4.69, 9.17) is 0 Å². The highest BCUT2D eigenvalue weighted by Gasteiger charge is 2.25. The third-order valence-corrected chi connectivity index (χ3v) is 4.52. The summed E-state index contributed by atoms with van der Waals surface area (Å²) in [4.78, 5) is 0. The van der Waals surface area contributed by atoms with Crippen LogP contribution in [0.2, 0.25) is 0 Å². The molecule has 0 saturated carbocycles. The topological polar surface area (TPSA) is 20.2 Å². The van der Waals surface area contributed by atoms with Crippen LogP contribution in [0.5, 0.6) is 0 Å². The van der Waals surface area contributed by atoms with E-state index in [1.54, 1.807) is 0 Å². The van der Waals surface area contributed by atoms with Crippen LogP contribution in [0.4, 0.5) is 0 Å². The standard InChI is InChI=1S/C13H18OS/c1-9-5-6-10(2)11(8-9)13(14)12-4-3-7-15-12/h5-6,8,12-14H,3-4,7H2,1-2H3. The Kier molecular flexibility index (Phi) is 3.37. The molecule has 1 nitrogen and oxygen atoms in total. The number of aliphatic hydroxyl groups is 1. The van der Waals surface area contributed by atoms with Crippen LogP contribution in [0.3, 0.4) is 0 Å². The zero-order valence-electron chi connectivity index (χ0n) is 9.36. The van der Waals surface area contributed by atoms with Gasteiger partial charge in [-0.25, -0.2) is 0 Å². The van der Waals surface area contributed by atoms with Gasteiger partial charge in [0.25, 0.3) is 0 Å². The predicted molar refractivity (Wildman–Crippen MR) is 66.4 cm³/mol. The van der Waals surface area contributed by atoms with E-state index >= 15 is 0 Å². The molecular weight excluding hydrogens is 204 g/mol. The zero-order valence-corrected chi connectivity index (χ0v) is 10.2. The number of benzene rings is 1. The normalized spacial score (nSPS) is 23.0. The van der Waals surface area contributed by atoms with Crippen molar-refractivity contribution in [2.75, 3.05) is 5.75 Å². The quantitative estimate of drug-likeness (QED) is 0.829. The Morgan fingerprint density at radius 2 is 2.20 bits per heavy atom. The number of aryl methyl sites for hydroxylation is 2. The first kappa shape index (κ1) is 11.0. The van der Waals surface area contributed by atoms with E-state index in [2.05, 4.69) is 32.0 Å². The lowest BCUT2D eigenvalue weighted by Crippen LogP contribution is -2.13. The van der Waals surface area contributed by atoms with Crippen LogP contribution in [0.1, 0.15) is 35.6 Å².